The zero-order chi connectivity index (χ0) is 17.6. The molecule has 2 heterocycles. The molecule has 0 aliphatic carbocycles. The third-order valence-corrected chi connectivity index (χ3v) is 5.28. The van der Waals surface area contributed by atoms with E-state index in [1.165, 1.54) is 19.3 Å². The summed E-state index contributed by atoms with van der Waals surface area (Å²) < 4.78 is 5.60. The number of rotatable bonds is 6. The molecule has 1 aromatic heterocycles. The fourth-order valence-electron chi connectivity index (χ4n) is 3.23. The predicted octanol–water partition coefficient (Wildman–Crippen LogP) is 4.47. The highest BCUT2D eigenvalue weighted by Gasteiger charge is 2.24. The number of hydrogen-bond acceptors (Lipinski definition) is 3. The van der Waals surface area contributed by atoms with Gasteiger partial charge in [0.15, 0.2) is 0 Å². The number of nitrogens with zero attached hydrogens (tertiary/aromatic N) is 1. The van der Waals surface area contributed by atoms with Gasteiger partial charge in [-0.2, -0.15) is 0 Å². The van der Waals surface area contributed by atoms with Crippen LogP contribution >= 0.6 is 23.2 Å². The normalized spacial score (nSPS) is 16.6. The van der Waals surface area contributed by atoms with Crippen LogP contribution in [0.25, 0.3) is 0 Å². The number of piperidine rings is 1. The van der Waals surface area contributed by atoms with Crippen molar-refractivity contribution in [3.05, 3.63) is 58.0 Å². The number of furan rings is 1. The van der Waals surface area contributed by atoms with Crippen molar-refractivity contribution in [1.82, 2.24) is 10.2 Å². The molecule has 1 fully saturated rings. The number of nitrogens with one attached hydrogen (secondary N) is 1. The fraction of sp³-hybridized carbons (Fsp3) is 0.421. The number of carbonyl (C=O) groups excluding carboxylic acids is 1. The van der Waals surface area contributed by atoms with E-state index >= 15 is 0 Å². The van der Waals surface area contributed by atoms with Crippen LogP contribution in [0.5, 0.6) is 0 Å². The third-order valence-electron chi connectivity index (χ3n) is 4.54. The lowest BCUT2D eigenvalue weighted by atomic mass is 10.1. The molecule has 1 unspecified atom stereocenters. The van der Waals surface area contributed by atoms with Crippen LogP contribution in [0.15, 0.2) is 41.0 Å². The Morgan fingerprint density at radius 1 is 1.16 bits per heavy atom. The van der Waals surface area contributed by atoms with Gasteiger partial charge in [-0.05, 0) is 55.8 Å². The number of amides is 1. The molecule has 0 saturated carbocycles. The molecule has 134 valence electrons. The van der Waals surface area contributed by atoms with E-state index in [0.29, 0.717) is 16.6 Å². The van der Waals surface area contributed by atoms with Gasteiger partial charge in [0.1, 0.15) is 5.76 Å². The topological polar surface area (TPSA) is 45.5 Å². The van der Waals surface area contributed by atoms with Crippen molar-refractivity contribution in [3.63, 3.8) is 0 Å². The van der Waals surface area contributed by atoms with Crippen molar-refractivity contribution in [1.29, 1.82) is 0 Å². The second kappa shape index (κ2) is 8.75. The van der Waals surface area contributed by atoms with Gasteiger partial charge in [-0.15, -0.1) is 0 Å². The standard InChI is InChI=1S/C19H22Cl2N2O2/c20-15-7-6-14(11-16(15)21)12-19(24)22-13-17(18-5-4-10-25-18)23-8-2-1-3-9-23/h4-7,10-11,17H,1-3,8-9,12-13H2,(H,22,24). The second-order valence-electron chi connectivity index (χ2n) is 6.36. The second-order valence-corrected chi connectivity index (χ2v) is 7.17. The quantitative estimate of drug-likeness (QED) is 0.803. The van der Waals surface area contributed by atoms with E-state index in [1.807, 2.05) is 18.2 Å². The number of carbonyl (C=O) groups is 1. The molecule has 1 aliphatic rings. The van der Waals surface area contributed by atoms with Crippen LogP contribution in [-0.4, -0.2) is 30.4 Å². The van der Waals surface area contributed by atoms with Crippen LogP contribution < -0.4 is 5.32 Å². The van der Waals surface area contributed by atoms with Crippen molar-refractivity contribution in [2.45, 2.75) is 31.7 Å². The maximum absolute atomic E-state index is 12.3. The molecule has 2 aromatic rings. The van der Waals surface area contributed by atoms with E-state index in [-0.39, 0.29) is 18.4 Å². The lowest BCUT2D eigenvalue weighted by molar-refractivity contribution is -0.120. The first-order valence-electron chi connectivity index (χ1n) is 8.61. The first kappa shape index (κ1) is 18.3. The molecule has 4 nitrogen and oxygen atoms in total. The van der Waals surface area contributed by atoms with Gasteiger partial charge < -0.3 is 9.73 Å². The van der Waals surface area contributed by atoms with Crippen molar-refractivity contribution in [2.24, 2.45) is 0 Å². The Kier molecular flexibility index (Phi) is 6.40. The third kappa shape index (κ3) is 5.00. The highest BCUT2D eigenvalue weighted by molar-refractivity contribution is 6.42. The Morgan fingerprint density at radius 2 is 1.96 bits per heavy atom. The molecule has 1 aromatic carbocycles. The van der Waals surface area contributed by atoms with Gasteiger partial charge in [-0.25, -0.2) is 0 Å². The Hall–Kier alpha value is -1.49. The zero-order valence-electron chi connectivity index (χ0n) is 14.0. The van der Waals surface area contributed by atoms with E-state index in [0.717, 1.165) is 24.4 Å². The number of benzene rings is 1. The van der Waals surface area contributed by atoms with E-state index in [4.69, 9.17) is 27.6 Å². The predicted molar refractivity (Wildman–Crippen MR) is 100 cm³/mol. The summed E-state index contributed by atoms with van der Waals surface area (Å²) in [6.07, 6.45) is 5.61. The Balaban J connectivity index is 1.60. The minimum Gasteiger partial charge on any atom is -0.468 e. The van der Waals surface area contributed by atoms with Gasteiger partial charge in [0.25, 0.3) is 0 Å². The first-order chi connectivity index (χ1) is 12.1. The number of hydrogen-bond donors (Lipinski definition) is 1. The van der Waals surface area contributed by atoms with E-state index in [1.54, 1.807) is 18.4 Å². The summed E-state index contributed by atoms with van der Waals surface area (Å²) in [4.78, 5) is 14.7. The van der Waals surface area contributed by atoms with Gasteiger partial charge in [0.05, 0.1) is 28.8 Å². The van der Waals surface area contributed by atoms with E-state index in [9.17, 15) is 4.79 Å². The highest BCUT2D eigenvalue weighted by Crippen LogP contribution is 2.25. The molecule has 6 heteroatoms. The summed E-state index contributed by atoms with van der Waals surface area (Å²) in [5.41, 5.74) is 0.847. The van der Waals surface area contributed by atoms with E-state index < -0.39 is 0 Å². The highest BCUT2D eigenvalue weighted by atomic mass is 35.5. The Bertz CT molecular complexity index is 697. The molecular weight excluding hydrogens is 359 g/mol. The lowest BCUT2D eigenvalue weighted by Gasteiger charge is -2.33. The summed E-state index contributed by atoms with van der Waals surface area (Å²) in [5, 5.41) is 3.99. The summed E-state index contributed by atoms with van der Waals surface area (Å²) in [5.74, 6) is 0.865. The van der Waals surface area contributed by atoms with Crippen LogP contribution in [0.2, 0.25) is 10.0 Å². The largest absolute Gasteiger partial charge is 0.468 e. The van der Waals surface area contributed by atoms with Gasteiger partial charge in [0, 0.05) is 6.54 Å². The zero-order valence-corrected chi connectivity index (χ0v) is 15.5. The minimum atomic E-state index is -0.0352. The smallest absolute Gasteiger partial charge is 0.224 e. The summed E-state index contributed by atoms with van der Waals surface area (Å²) >= 11 is 11.9. The van der Waals surface area contributed by atoms with Crippen molar-refractivity contribution < 1.29 is 9.21 Å². The maximum Gasteiger partial charge on any atom is 0.224 e. The fourth-order valence-corrected chi connectivity index (χ4v) is 3.55. The minimum absolute atomic E-state index is 0.0352. The van der Waals surface area contributed by atoms with Crippen LogP contribution in [0.3, 0.4) is 0 Å². The molecule has 0 bridgehead atoms. The summed E-state index contributed by atoms with van der Waals surface area (Å²) in [6, 6.07) is 9.22. The van der Waals surface area contributed by atoms with Gasteiger partial charge in [-0.1, -0.05) is 35.7 Å². The summed E-state index contributed by atoms with van der Waals surface area (Å²) in [6.45, 7) is 2.61. The maximum atomic E-state index is 12.3. The SMILES string of the molecule is O=C(Cc1ccc(Cl)c(Cl)c1)NCC(c1ccco1)N1CCCCC1. The average Bonchev–Trinajstić information content (AvgIpc) is 3.14. The molecule has 0 spiro atoms. The molecule has 1 amide bonds. The van der Waals surface area contributed by atoms with Crippen molar-refractivity contribution >= 4 is 29.1 Å². The molecule has 1 atom stereocenters. The molecule has 1 aliphatic heterocycles. The molecule has 3 rings (SSSR count). The Labute approximate surface area is 158 Å². The van der Waals surface area contributed by atoms with Crippen LogP contribution in [-0.2, 0) is 11.2 Å². The lowest BCUT2D eigenvalue weighted by Crippen LogP contribution is -2.40. The van der Waals surface area contributed by atoms with Gasteiger partial charge in [-0.3, -0.25) is 9.69 Å². The van der Waals surface area contributed by atoms with E-state index in [2.05, 4.69) is 10.2 Å². The molecule has 1 N–H and O–H groups in total. The number of halogens is 2. The average molecular weight is 381 g/mol. The monoisotopic (exact) mass is 380 g/mol. The van der Waals surface area contributed by atoms with Crippen LogP contribution in [0, 0.1) is 0 Å². The number of likely N-dealkylation sites (tertiary alicyclic amines) is 1. The summed E-state index contributed by atoms with van der Waals surface area (Å²) in [7, 11) is 0. The van der Waals surface area contributed by atoms with Crippen LogP contribution in [0.4, 0.5) is 0 Å². The van der Waals surface area contributed by atoms with Crippen molar-refractivity contribution in [2.75, 3.05) is 19.6 Å². The molecule has 1 saturated heterocycles. The Morgan fingerprint density at radius 3 is 2.64 bits per heavy atom. The molecule has 0 radical (unpaired) electrons. The van der Waals surface area contributed by atoms with Crippen LogP contribution in [0.1, 0.15) is 36.6 Å². The van der Waals surface area contributed by atoms with Crippen molar-refractivity contribution in [3.8, 4) is 0 Å². The van der Waals surface area contributed by atoms with Gasteiger partial charge in [0.2, 0.25) is 5.91 Å². The molecule has 25 heavy (non-hydrogen) atoms. The van der Waals surface area contributed by atoms with Gasteiger partial charge >= 0.3 is 0 Å². The molecular formula is C19H22Cl2N2O2. The first-order valence-corrected chi connectivity index (χ1v) is 9.37.